The molecule has 2 fully saturated rings. The van der Waals surface area contributed by atoms with Crippen LogP contribution in [0.5, 0.6) is 0 Å². The number of carbonyl (C=O) groups is 1. The molecule has 120 valence electrons. The van der Waals surface area contributed by atoms with Crippen molar-refractivity contribution in [2.24, 2.45) is 0 Å². The van der Waals surface area contributed by atoms with Crippen LogP contribution in [0.25, 0.3) is 0 Å². The van der Waals surface area contributed by atoms with Gasteiger partial charge in [0, 0.05) is 0 Å². The molecule has 0 unspecified atom stereocenters. The van der Waals surface area contributed by atoms with E-state index in [1.807, 2.05) is 0 Å². The summed E-state index contributed by atoms with van der Waals surface area (Å²) < 4.78 is 45.3. The van der Waals surface area contributed by atoms with E-state index in [4.69, 9.17) is 4.74 Å². The SMILES string of the molecule is O=C1COCC2(CCNCC2)N1c1ccccc1C(F)(F)F. The topological polar surface area (TPSA) is 41.6 Å². The van der Waals surface area contributed by atoms with Crippen LogP contribution in [0, 0.1) is 0 Å². The van der Waals surface area contributed by atoms with E-state index in [1.165, 1.54) is 23.1 Å². The predicted octanol–water partition coefficient (Wildman–Crippen LogP) is 2.19. The Morgan fingerprint density at radius 1 is 1.18 bits per heavy atom. The van der Waals surface area contributed by atoms with Crippen LogP contribution in [0.3, 0.4) is 0 Å². The minimum absolute atomic E-state index is 0.0646. The molecule has 1 aromatic carbocycles. The van der Waals surface area contributed by atoms with Gasteiger partial charge < -0.3 is 15.0 Å². The number of amides is 1. The van der Waals surface area contributed by atoms with Gasteiger partial charge in [-0.15, -0.1) is 0 Å². The zero-order valence-corrected chi connectivity index (χ0v) is 11.9. The number of ether oxygens (including phenoxy) is 1. The van der Waals surface area contributed by atoms with Crippen molar-refractivity contribution in [3.63, 3.8) is 0 Å². The molecule has 0 bridgehead atoms. The van der Waals surface area contributed by atoms with Gasteiger partial charge in [0.25, 0.3) is 5.91 Å². The fourth-order valence-corrected chi connectivity index (χ4v) is 3.28. The predicted molar refractivity (Wildman–Crippen MR) is 74.6 cm³/mol. The highest BCUT2D eigenvalue weighted by atomic mass is 19.4. The number of carbonyl (C=O) groups excluding carboxylic acids is 1. The molecule has 7 heteroatoms. The van der Waals surface area contributed by atoms with Crippen molar-refractivity contribution in [1.29, 1.82) is 0 Å². The van der Waals surface area contributed by atoms with E-state index >= 15 is 0 Å². The maximum atomic E-state index is 13.3. The second-order valence-corrected chi connectivity index (χ2v) is 5.71. The maximum absolute atomic E-state index is 13.3. The summed E-state index contributed by atoms with van der Waals surface area (Å²) in [6, 6.07) is 5.26. The van der Waals surface area contributed by atoms with Gasteiger partial charge in [0.2, 0.25) is 0 Å². The Kier molecular flexibility index (Phi) is 3.86. The van der Waals surface area contributed by atoms with Crippen molar-refractivity contribution in [2.75, 3.05) is 31.2 Å². The van der Waals surface area contributed by atoms with Gasteiger partial charge in [-0.2, -0.15) is 13.2 Å². The van der Waals surface area contributed by atoms with Crippen LogP contribution in [0.1, 0.15) is 18.4 Å². The maximum Gasteiger partial charge on any atom is 0.418 e. The average Bonchev–Trinajstić information content (AvgIpc) is 2.47. The number of para-hydroxylation sites is 1. The number of benzene rings is 1. The molecular weight excluding hydrogens is 297 g/mol. The summed E-state index contributed by atoms with van der Waals surface area (Å²) in [5.74, 6) is -0.412. The number of morpholine rings is 1. The van der Waals surface area contributed by atoms with Crippen LogP contribution in [0.4, 0.5) is 18.9 Å². The first-order valence-corrected chi connectivity index (χ1v) is 7.22. The zero-order valence-electron chi connectivity index (χ0n) is 11.9. The van der Waals surface area contributed by atoms with E-state index in [0.717, 1.165) is 6.07 Å². The van der Waals surface area contributed by atoms with Gasteiger partial charge >= 0.3 is 6.18 Å². The molecule has 1 aromatic rings. The van der Waals surface area contributed by atoms with Crippen LogP contribution in [-0.2, 0) is 15.7 Å². The number of hydrogen-bond acceptors (Lipinski definition) is 3. The van der Waals surface area contributed by atoms with E-state index in [-0.39, 0.29) is 18.9 Å². The van der Waals surface area contributed by atoms with Gasteiger partial charge in [0.15, 0.2) is 0 Å². The molecule has 1 N–H and O–H groups in total. The molecule has 0 radical (unpaired) electrons. The normalized spacial score (nSPS) is 22.1. The summed E-state index contributed by atoms with van der Waals surface area (Å²) in [6.45, 7) is 1.40. The molecule has 22 heavy (non-hydrogen) atoms. The van der Waals surface area contributed by atoms with Gasteiger partial charge in [0.05, 0.1) is 23.4 Å². The quantitative estimate of drug-likeness (QED) is 0.864. The van der Waals surface area contributed by atoms with Crippen molar-refractivity contribution < 1.29 is 22.7 Å². The molecule has 0 atom stereocenters. The smallest absolute Gasteiger partial charge is 0.369 e. The van der Waals surface area contributed by atoms with Crippen LogP contribution >= 0.6 is 0 Å². The standard InChI is InChI=1S/C15H17F3N2O2/c16-15(17,18)11-3-1-2-4-12(11)20-13(21)9-22-10-14(20)5-7-19-8-6-14/h1-4,19H,5-10H2. The summed E-state index contributed by atoms with van der Waals surface area (Å²) in [6.07, 6.45) is -3.35. The van der Waals surface area contributed by atoms with E-state index in [1.54, 1.807) is 0 Å². The number of rotatable bonds is 1. The highest BCUT2D eigenvalue weighted by Gasteiger charge is 2.47. The monoisotopic (exact) mass is 314 g/mol. The number of halogens is 3. The third-order valence-corrected chi connectivity index (χ3v) is 4.30. The lowest BCUT2D eigenvalue weighted by Gasteiger charge is -2.49. The Bertz CT molecular complexity index is 563. The highest BCUT2D eigenvalue weighted by molar-refractivity contribution is 5.97. The number of hydrogen-bond donors (Lipinski definition) is 1. The van der Waals surface area contributed by atoms with E-state index in [2.05, 4.69) is 5.32 Å². The number of piperidine rings is 1. The van der Waals surface area contributed by atoms with Crippen LogP contribution < -0.4 is 10.2 Å². The third-order valence-electron chi connectivity index (χ3n) is 4.30. The first-order chi connectivity index (χ1) is 10.4. The van der Waals surface area contributed by atoms with Crippen molar-refractivity contribution >= 4 is 11.6 Å². The molecule has 2 aliphatic rings. The minimum Gasteiger partial charge on any atom is -0.369 e. The van der Waals surface area contributed by atoms with Crippen LogP contribution in [-0.4, -0.2) is 37.7 Å². The molecule has 2 saturated heterocycles. The van der Waals surface area contributed by atoms with E-state index in [0.29, 0.717) is 25.9 Å². The molecule has 0 aliphatic carbocycles. The Morgan fingerprint density at radius 3 is 2.55 bits per heavy atom. The molecule has 0 aromatic heterocycles. The molecule has 0 saturated carbocycles. The van der Waals surface area contributed by atoms with Crippen LogP contribution in [0.15, 0.2) is 24.3 Å². The summed E-state index contributed by atoms with van der Waals surface area (Å²) in [7, 11) is 0. The van der Waals surface area contributed by atoms with Crippen molar-refractivity contribution in [3.8, 4) is 0 Å². The third kappa shape index (κ3) is 2.59. The first kappa shape index (κ1) is 15.3. The van der Waals surface area contributed by atoms with Crippen molar-refractivity contribution in [2.45, 2.75) is 24.6 Å². The molecule has 1 amide bonds. The first-order valence-electron chi connectivity index (χ1n) is 7.22. The fraction of sp³-hybridized carbons (Fsp3) is 0.533. The van der Waals surface area contributed by atoms with Gasteiger partial charge in [0.1, 0.15) is 6.61 Å². The van der Waals surface area contributed by atoms with E-state index in [9.17, 15) is 18.0 Å². The summed E-state index contributed by atoms with van der Waals surface area (Å²) in [5, 5.41) is 3.17. The van der Waals surface area contributed by atoms with Gasteiger partial charge in [-0.05, 0) is 38.1 Å². The molecular formula is C15H17F3N2O2. The second kappa shape index (κ2) is 5.55. The highest BCUT2D eigenvalue weighted by Crippen LogP contribution is 2.41. The lowest BCUT2D eigenvalue weighted by atomic mass is 9.85. The van der Waals surface area contributed by atoms with Crippen LogP contribution in [0.2, 0.25) is 0 Å². The minimum atomic E-state index is -4.50. The van der Waals surface area contributed by atoms with Gasteiger partial charge in [-0.3, -0.25) is 4.79 Å². The lowest BCUT2D eigenvalue weighted by molar-refractivity contribution is -0.138. The molecule has 1 spiro atoms. The zero-order chi connectivity index (χ0) is 15.8. The van der Waals surface area contributed by atoms with Gasteiger partial charge in [-0.1, -0.05) is 12.1 Å². The van der Waals surface area contributed by atoms with Gasteiger partial charge in [-0.25, -0.2) is 0 Å². The van der Waals surface area contributed by atoms with Crippen molar-refractivity contribution in [3.05, 3.63) is 29.8 Å². The second-order valence-electron chi connectivity index (χ2n) is 5.71. The Hall–Kier alpha value is -1.60. The van der Waals surface area contributed by atoms with E-state index < -0.39 is 23.2 Å². The van der Waals surface area contributed by atoms with Crippen molar-refractivity contribution in [1.82, 2.24) is 5.32 Å². The fourth-order valence-electron chi connectivity index (χ4n) is 3.28. The molecule has 2 aliphatic heterocycles. The number of nitrogens with zero attached hydrogens (tertiary/aromatic N) is 1. The summed E-state index contributed by atoms with van der Waals surface area (Å²) in [4.78, 5) is 13.7. The Morgan fingerprint density at radius 2 is 1.86 bits per heavy atom. The number of anilines is 1. The summed E-state index contributed by atoms with van der Waals surface area (Å²) in [5.41, 5.74) is -1.53. The lowest BCUT2D eigenvalue weighted by Crippen LogP contribution is -2.64. The number of alkyl halides is 3. The summed E-state index contributed by atoms with van der Waals surface area (Å²) >= 11 is 0. The molecule has 3 rings (SSSR count). The largest absolute Gasteiger partial charge is 0.418 e. The average molecular weight is 314 g/mol. The molecule has 2 heterocycles. The molecule has 4 nitrogen and oxygen atoms in total. The Labute approximate surface area is 126 Å². The Balaban J connectivity index is 2.09. The number of nitrogens with one attached hydrogen (secondary N) is 1.